The van der Waals surface area contributed by atoms with Crippen molar-refractivity contribution in [3.63, 3.8) is 0 Å². The predicted octanol–water partition coefficient (Wildman–Crippen LogP) is 3.30. The number of carbonyl (C=O) groups excluding carboxylic acids is 2. The summed E-state index contributed by atoms with van der Waals surface area (Å²) in [4.78, 5) is 24.2. The van der Waals surface area contributed by atoms with E-state index in [1.807, 2.05) is 44.2 Å². The maximum atomic E-state index is 12.3. The summed E-state index contributed by atoms with van der Waals surface area (Å²) in [5.41, 5.74) is 1.53. The first-order valence-corrected chi connectivity index (χ1v) is 8.96. The van der Waals surface area contributed by atoms with Crippen LogP contribution in [0.5, 0.6) is 5.75 Å². The van der Waals surface area contributed by atoms with Crippen LogP contribution >= 0.6 is 0 Å². The van der Waals surface area contributed by atoms with Crippen molar-refractivity contribution < 1.29 is 14.3 Å². The van der Waals surface area contributed by atoms with Crippen molar-refractivity contribution in [1.29, 1.82) is 0 Å². The Labute approximate surface area is 154 Å². The topological polar surface area (TPSA) is 67.4 Å². The monoisotopic (exact) mass is 354 g/mol. The Morgan fingerprint density at radius 1 is 1.00 bits per heavy atom. The van der Waals surface area contributed by atoms with Crippen molar-refractivity contribution in [3.8, 4) is 5.75 Å². The van der Waals surface area contributed by atoms with Gasteiger partial charge in [0.2, 0.25) is 0 Å². The minimum Gasteiger partial charge on any atom is -0.484 e. The fourth-order valence-electron chi connectivity index (χ4n) is 2.52. The Morgan fingerprint density at radius 3 is 2.42 bits per heavy atom. The van der Waals surface area contributed by atoms with E-state index < -0.39 is 0 Å². The third-order valence-electron chi connectivity index (χ3n) is 4.11. The molecule has 2 rings (SSSR count). The summed E-state index contributed by atoms with van der Waals surface area (Å²) in [6.45, 7) is 4.47. The molecule has 138 valence electrons. The molecular weight excluding hydrogens is 328 g/mol. The van der Waals surface area contributed by atoms with Crippen molar-refractivity contribution in [2.24, 2.45) is 0 Å². The summed E-state index contributed by atoms with van der Waals surface area (Å²) in [5.74, 6) is 0.162. The van der Waals surface area contributed by atoms with Gasteiger partial charge in [0.1, 0.15) is 5.75 Å². The van der Waals surface area contributed by atoms with E-state index >= 15 is 0 Å². The second-order valence-electron chi connectivity index (χ2n) is 6.07. The quantitative estimate of drug-likeness (QED) is 0.726. The lowest BCUT2D eigenvalue weighted by atomic mass is 10.2. The summed E-state index contributed by atoms with van der Waals surface area (Å²) < 4.78 is 5.52. The van der Waals surface area contributed by atoms with Crippen LogP contribution in [0.15, 0.2) is 54.6 Å². The van der Waals surface area contributed by atoms with E-state index in [1.165, 1.54) is 0 Å². The molecule has 0 heterocycles. The average molecular weight is 354 g/mol. The van der Waals surface area contributed by atoms with Gasteiger partial charge in [0, 0.05) is 18.2 Å². The van der Waals surface area contributed by atoms with Gasteiger partial charge in [0.25, 0.3) is 11.8 Å². The Morgan fingerprint density at radius 2 is 1.73 bits per heavy atom. The van der Waals surface area contributed by atoms with Gasteiger partial charge in [0.15, 0.2) is 6.61 Å². The molecule has 0 aromatic heterocycles. The van der Waals surface area contributed by atoms with Crippen molar-refractivity contribution in [1.82, 2.24) is 10.6 Å². The highest BCUT2D eigenvalue weighted by Gasteiger charge is 2.10. The number of amides is 2. The molecule has 0 bridgehead atoms. The maximum absolute atomic E-state index is 12.3. The van der Waals surface area contributed by atoms with Crippen molar-refractivity contribution in [2.45, 2.75) is 39.3 Å². The first-order chi connectivity index (χ1) is 12.6. The van der Waals surface area contributed by atoms with E-state index in [-0.39, 0.29) is 24.5 Å². The normalized spacial score (nSPS) is 10.4. The summed E-state index contributed by atoms with van der Waals surface area (Å²) in [7, 11) is 0. The number of benzene rings is 2. The summed E-state index contributed by atoms with van der Waals surface area (Å²) in [6, 6.07) is 16.7. The van der Waals surface area contributed by atoms with E-state index in [0.29, 0.717) is 17.9 Å². The Hall–Kier alpha value is -2.82. The van der Waals surface area contributed by atoms with Gasteiger partial charge < -0.3 is 15.4 Å². The van der Waals surface area contributed by atoms with Crippen LogP contribution in [-0.2, 0) is 11.3 Å². The van der Waals surface area contributed by atoms with Crippen LogP contribution in [0.1, 0.15) is 42.6 Å². The van der Waals surface area contributed by atoms with Crippen molar-refractivity contribution in [2.75, 3.05) is 6.61 Å². The van der Waals surface area contributed by atoms with E-state index in [4.69, 9.17) is 4.74 Å². The number of ether oxygens (including phenoxy) is 1. The first-order valence-electron chi connectivity index (χ1n) is 8.96. The highest BCUT2D eigenvalue weighted by molar-refractivity contribution is 5.94. The smallest absolute Gasteiger partial charge is 0.258 e. The zero-order valence-electron chi connectivity index (χ0n) is 15.3. The van der Waals surface area contributed by atoms with E-state index in [1.54, 1.807) is 24.3 Å². The molecule has 2 N–H and O–H groups in total. The van der Waals surface area contributed by atoms with E-state index in [9.17, 15) is 9.59 Å². The summed E-state index contributed by atoms with van der Waals surface area (Å²) in [6.07, 6.45) is 1.78. The van der Waals surface area contributed by atoms with Crippen molar-refractivity contribution in [3.05, 3.63) is 65.7 Å². The van der Waals surface area contributed by atoms with E-state index in [0.717, 1.165) is 18.4 Å². The van der Waals surface area contributed by atoms with Gasteiger partial charge in [-0.05, 0) is 36.6 Å². The largest absolute Gasteiger partial charge is 0.484 e. The Bertz CT molecular complexity index is 712. The number of hydrogen-bond donors (Lipinski definition) is 2. The molecule has 26 heavy (non-hydrogen) atoms. The lowest BCUT2D eigenvalue weighted by molar-refractivity contribution is -0.123. The lowest BCUT2D eigenvalue weighted by Crippen LogP contribution is -2.37. The highest BCUT2D eigenvalue weighted by Crippen LogP contribution is 2.13. The standard InChI is InChI=1S/C21H26N2O3/c1-3-18(4-2)23-20(24)15-26-19-12-8-11-17(13-19)21(25)22-14-16-9-6-5-7-10-16/h5-13,18H,3-4,14-15H2,1-2H3,(H,22,25)(H,23,24). The Balaban J connectivity index is 1.86. The van der Waals surface area contributed by atoms with Gasteiger partial charge in [-0.1, -0.05) is 50.2 Å². The fraction of sp³-hybridized carbons (Fsp3) is 0.333. The maximum Gasteiger partial charge on any atom is 0.258 e. The molecule has 2 aromatic rings. The van der Waals surface area contributed by atoms with Gasteiger partial charge in [0.05, 0.1) is 0 Å². The number of nitrogens with one attached hydrogen (secondary N) is 2. The zero-order chi connectivity index (χ0) is 18.8. The molecule has 0 radical (unpaired) electrons. The molecule has 5 nitrogen and oxygen atoms in total. The zero-order valence-corrected chi connectivity index (χ0v) is 15.3. The third kappa shape index (κ3) is 6.24. The first kappa shape index (κ1) is 19.5. The third-order valence-corrected chi connectivity index (χ3v) is 4.11. The van der Waals surface area contributed by atoms with Crippen LogP contribution in [0.25, 0.3) is 0 Å². The predicted molar refractivity (Wildman–Crippen MR) is 102 cm³/mol. The second kappa shape index (κ2) is 10.2. The van der Waals surface area contributed by atoms with Gasteiger partial charge in [-0.3, -0.25) is 9.59 Å². The molecule has 0 aliphatic heterocycles. The molecule has 0 saturated heterocycles. The number of rotatable bonds is 9. The van der Waals surface area contributed by atoms with Crippen LogP contribution in [0.3, 0.4) is 0 Å². The SMILES string of the molecule is CCC(CC)NC(=O)COc1cccc(C(=O)NCc2ccccc2)c1. The lowest BCUT2D eigenvalue weighted by Gasteiger charge is -2.15. The average Bonchev–Trinajstić information content (AvgIpc) is 2.69. The molecule has 0 spiro atoms. The summed E-state index contributed by atoms with van der Waals surface area (Å²) in [5, 5.41) is 5.79. The minimum absolute atomic E-state index is 0.0639. The van der Waals surface area contributed by atoms with Crippen LogP contribution in [0, 0.1) is 0 Å². The minimum atomic E-state index is -0.180. The van der Waals surface area contributed by atoms with Gasteiger partial charge in [-0.15, -0.1) is 0 Å². The molecule has 0 saturated carbocycles. The van der Waals surface area contributed by atoms with Gasteiger partial charge >= 0.3 is 0 Å². The van der Waals surface area contributed by atoms with Crippen LogP contribution < -0.4 is 15.4 Å². The molecule has 2 amide bonds. The second-order valence-corrected chi connectivity index (χ2v) is 6.07. The molecular formula is C21H26N2O3. The summed E-state index contributed by atoms with van der Waals surface area (Å²) >= 11 is 0. The molecule has 0 unspecified atom stereocenters. The molecule has 0 aliphatic rings. The molecule has 0 atom stereocenters. The van der Waals surface area contributed by atoms with Crippen LogP contribution in [0.4, 0.5) is 0 Å². The highest BCUT2D eigenvalue weighted by atomic mass is 16.5. The number of carbonyl (C=O) groups is 2. The molecule has 0 aliphatic carbocycles. The molecule has 2 aromatic carbocycles. The molecule has 5 heteroatoms. The molecule has 0 fully saturated rings. The van der Waals surface area contributed by atoms with Crippen LogP contribution in [0.2, 0.25) is 0 Å². The van der Waals surface area contributed by atoms with Crippen molar-refractivity contribution >= 4 is 11.8 Å². The van der Waals surface area contributed by atoms with Crippen LogP contribution in [-0.4, -0.2) is 24.5 Å². The number of hydrogen-bond acceptors (Lipinski definition) is 3. The van der Waals surface area contributed by atoms with Gasteiger partial charge in [-0.2, -0.15) is 0 Å². The fourth-order valence-corrected chi connectivity index (χ4v) is 2.52. The van der Waals surface area contributed by atoms with Gasteiger partial charge in [-0.25, -0.2) is 0 Å². The van der Waals surface area contributed by atoms with E-state index in [2.05, 4.69) is 10.6 Å². The Kier molecular flexibility index (Phi) is 7.68.